The first kappa shape index (κ1) is 10.4. The molecular weight excluding hydrogens is 180 g/mol. The molecule has 1 aromatic rings. The quantitative estimate of drug-likeness (QED) is 0.726. The van der Waals surface area contributed by atoms with Crippen LogP contribution in [0.4, 0.5) is 0 Å². The maximum absolute atomic E-state index is 5.35. The van der Waals surface area contributed by atoms with Gasteiger partial charge in [0.25, 0.3) is 0 Å². The van der Waals surface area contributed by atoms with Crippen LogP contribution in [0.5, 0.6) is 0 Å². The normalized spacial score (nSPS) is 11.6. The fraction of sp³-hybridized carbons (Fsp3) is 0.400. The number of nitrogens with zero attached hydrogens (tertiary/aromatic N) is 1. The van der Waals surface area contributed by atoms with Crippen LogP contribution in [0.25, 0.3) is 0 Å². The van der Waals surface area contributed by atoms with E-state index >= 15 is 0 Å². The van der Waals surface area contributed by atoms with Crippen LogP contribution in [0.2, 0.25) is 0 Å². The van der Waals surface area contributed by atoms with Crippen molar-refractivity contribution in [2.45, 2.75) is 6.54 Å². The summed E-state index contributed by atoms with van der Waals surface area (Å²) in [6.07, 6.45) is 4.09. The number of nitrogens with two attached hydrogens (primary N) is 1. The number of hydrogen-bond acceptors (Lipinski definition) is 3. The van der Waals surface area contributed by atoms with Crippen molar-refractivity contribution in [1.82, 2.24) is 4.90 Å². The smallest absolute Gasteiger partial charge is 0.0242 e. The van der Waals surface area contributed by atoms with E-state index in [1.807, 2.05) is 6.08 Å². The van der Waals surface area contributed by atoms with E-state index in [9.17, 15) is 0 Å². The summed E-state index contributed by atoms with van der Waals surface area (Å²) in [5, 5.41) is 4.29. The van der Waals surface area contributed by atoms with Gasteiger partial charge in [-0.05, 0) is 29.4 Å². The topological polar surface area (TPSA) is 29.3 Å². The van der Waals surface area contributed by atoms with Crippen molar-refractivity contribution in [1.29, 1.82) is 0 Å². The summed E-state index contributed by atoms with van der Waals surface area (Å²) in [7, 11) is 2.11. The van der Waals surface area contributed by atoms with Gasteiger partial charge >= 0.3 is 0 Å². The van der Waals surface area contributed by atoms with E-state index in [0.717, 1.165) is 13.1 Å². The zero-order valence-electron chi connectivity index (χ0n) is 7.94. The molecule has 72 valence electrons. The summed E-state index contributed by atoms with van der Waals surface area (Å²) >= 11 is 1.75. The van der Waals surface area contributed by atoms with Gasteiger partial charge in [0.1, 0.15) is 0 Å². The number of rotatable bonds is 5. The van der Waals surface area contributed by atoms with Gasteiger partial charge in [-0.3, -0.25) is 4.90 Å². The lowest BCUT2D eigenvalue weighted by molar-refractivity contribution is 0.364. The summed E-state index contributed by atoms with van der Waals surface area (Å²) in [6, 6.07) is 2.16. The monoisotopic (exact) mass is 196 g/mol. The molecule has 0 atom stereocenters. The highest BCUT2D eigenvalue weighted by molar-refractivity contribution is 7.07. The van der Waals surface area contributed by atoms with E-state index in [4.69, 9.17) is 5.73 Å². The highest BCUT2D eigenvalue weighted by Crippen LogP contribution is 2.07. The Labute approximate surface area is 83.7 Å². The Morgan fingerprint density at radius 1 is 1.54 bits per heavy atom. The highest BCUT2D eigenvalue weighted by Gasteiger charge is 1.97. The number of hydrogen-bond donors (Lipinski definition) is 1. The van der Waals surface area contributed by atoms with E-state index in [-0.39, 0.29) is 0 Å². The van der Waals surface area contributed by atoms with Crippen molar-refractivity contribution in [2.24, 2.45) is 5.73 Å². The summed E-state index contributed by atoms with van der Waals surface area (Å²) in [5.74, 6) is 0. The predicted molar refractivity (Wildman–Crippen MR) is 58.8 cm³/mol. The van der Waals surface area contributed by atoms with Gasteiger partial charge in [0.05, 0.1) is 0 Å². The Morgan fingerprint density at radius 3 is 3.00 bits per heavy atom. The highest BCUT2D eigenvalue weighted by atomic mass is 32.1. The fourth-order valence-electron chi connectivity index (χ4n) is 1.11. The summed E-state index contributed by atoms with van der Waals surface area (Å²) in [6.45, 7) is 2.61. The second kappa shape index (κ2) is 5.91. The minimum absolute atomic E-state index is 0.631. The van der Waals surface area contributed by atoms with Crippen molar-refractivity contribution in [3.63, 3.8) is 0 Å². The van der Waals surface area contributed by atoms with E-state index in [2.05, 4.69) is 34.9 Å². The lowest BCUT2D eigenvalue weighted by atomic mass is 10.3. The van der Waals surface area contributed by atoms with Crippen molar-refractivity contribution < 1.29 is 0 Å². The molecule has 0 aromatic carbocycles. The number of likely N-dealkylation sites (N-methyl/N-ethyl adjacent to an activating group) is 1. The minimum Gasteiger partial charge on any atom is -0.327 e. The largest absolute Gasteiger partial charge is 0.327 e. The Bertz CT molecular complexity index is 241. The van der Waals surface area contributed by atoms with Gasteiger partial charge in [-0.2, -0.15) is 11.3 Å². The van der Waals surface area contributed by atoms with Crippen LogP contribution in [0.3, 0.4) is 0 Å². The second-order valence-electron chi connectivity index (χ2n) is 3.04. The van der Waals surface area contributed by atoms with Crippen molar-refractivity contribution in [3.05, 3.63) is 34.5 Å². The average Bonchev–Trinajstić information content (AvgIpc) is 2.57. The lowest BCUT2D eigenvalue weighted by Crippen LogP contribution is -2.17. The van der Waals surface area contributed by atoms with E-state index in [0.29, 0.717) is 6.54 Å². The third-order valence-electron chi connectivity index (χ3n) is 1.75. The third kappa shape index (κ3) is 4.22. The molecule has 13 heavy (non-hydrogen) atoms. The SMILES string of the molecule is CN(CC=CCN)Cc1ccsc1. The first-order valence-electron chi connectivity index (χ1n) is 4.37. The molecule has 3 heteroatoms. The van der Waals surface area contributed by atoms with Gasteiger partial charge in [0, 0.05) is 19.6 Å². The molecule has 1 aromatic heterocycles. The van der Waals surface area contributed by atoms with Gasteiger partial charge in [0.15, 0.2) is 0 Å². The van der Waals surface area contributed by atoms with Crippen molar-refractivity contribution in [2.75, 3.05) is 20.1 Å². The molecule has 1 rings (SSSR count). The Morgan fingerprint density at radius 2 is 2.38 bits per heavy atom. The zero-order valence-corrected chi connectivity index (χ0v) is 8.76. The van der Waals surface area contributed by atoms with Crippen LogP contribution in [-0.2, 0) is 6.54 Å². The average molecular weight is 196 g/mol. The van der Waals surface area contributed by atoms with Crippen LogP contribution in [-0.4, -0.2) is 25.0 Å². The maximum Gasteiger partial charge on any atom is 0.0242 e. The molecule has 0 radical (unpaired) electrons. The Kier molecular flexibility index (Phi) is 4.75. The fourth-order valence-corrected chi connectivity index (χ4v) is 1.77. The van der Waals surface area contributed by atoms with Crippen molar-refractivity contribution >= 4 is 11.3 Å². The van der Waals surface area contributed by atoms with Gasteiger partial charge < -0.3 is 5.73 Å². The van der Waals surface area contributed by atoms with Gasteiger partial charge in [-0.25, -0.2) is 0 Å². The molecule has 2 nitrogen and oxygen atoms in total. The minimum atomic E-state index is 0.631. The van der Waals surface area contributed by atoms with Gasteiger partial charge in [-0.15, -0.1) is 0 Å². The molecule has 0 unspecified atom stereocenters. The first-order chi connectivity index (χ1) is 6.33. The van der Waals surface area contributed by atoms with Crippen LogP contribution in [0.1, 0.15) is 5.56 Å². The first-order valence-corrected chi connectivity index (χ1v) is 5.32. The van der Waals surface area contributed by atoms with Crippen LogP contribution in [0.15, 0.2) is 29.0 Å². The second-order valence-corrected chi connectivity index (χ2v) is 3.82. The maximum atomic E-state index is 5.35. The Hall–Kier alpha value is -0.640. The summed E-state index contributed by atoms with van der Waals surface area (Å²) in [5.41, 5.74) is 6.73. The van der Waals surface area contributed by atoms with Crippen LogP contribution >= 0.6 is 11.3 Å². The summed E-state index contributed by atoms with van der Waals surface area (Å²) in [4.78, 5) is 2.26. The van der Waals surface area contributed by atoms with Crippen molar-refractivity contribution in [3.8, 4) is 0 Å². The molecule has 1 heterocycles. The molecule has 0 spiro atoms. The number of thiophene rings is 1. The molecule has 0 aliphatic carbocycles. The summed E-state index contributed by atoms with van der Waals surface area (Å²) < 4.78 is 0. The molecule has 0 saturated carbocycles. The van der Waals surface area contributed by atoms with Gasteiger partial charge in [0.2, 0.25) is 0 Å². The zero-order chi connectivity index (χ0) is 9.52. The molecule has 0 fully saturated rings. The molecule has 2 N–H and O–H groups in total. The molecule has 0 aliphatic heterocycles. The lowest BCUT2D eigenvalue weighted by Gasteiger charge is -2.12. The predicted octanol–water partition coefficient (Wildman–Crippen LogP) is 1.69. The third-order valence-corrected chi connectivity index (χ3v) is 2.48. The molecular formula is C10H16N2S. The molecule has 0 bridgehead atoms. The van der Waals surface area contributed by atoms with Crippen LogP contribution in [0, 0.1) is 0 Å². The molecule has 0 amide bonds. The van der Waals surface area contributed by atoms with Gasteiger partial charge in [-0.1, -0.05) is 12.2 Å². The molecule has 0 aliphatic rings. The van der Waals surface area contributed by atoms with E-state index in [1.54, 1.807) is 11.3 Å². The van der Waals surface area contributed by atoms with E-state index < -0.39 is 0 Å². The Balaban J connectivity index is 2.25. The van der Waals surface area contributed by atoms with Crippen LogP contribution < -0.4 is 5.73 Å². The van der Waals surface area contributed by atoms with E-state index in [1.165, 1.54) is 5.56 Å². The molecule has 0 saturated heterocycles. The standard InChI is InChI=1S/C10H16N2S/c1-12(6-3-2-5-11)8-10-4-7-13-9-10/h2-4,7,9H,5-6,8,11H2,1H3.